The molecule has 0 bridgehead atoms. The number of carbonyl (C=O) groups is 2. The maximum atomic E-state index is 12.4. The first-order valence-corrected chi connectivity index (χ1v) is 9.18. The predicted octanol–water partition coefficient (Wildman–Crippen LogP) is 3.09. The minimum Gasteiger partial charge on any atom is -0.463 e. The summed E-state index contributed by atoms with van der Waals surface area (Å²) in [5.74, 6) is -0.944. The first kappa shape index (κ1) is 19.8. The lowest BCUT2D eigenvalue weighted by Crippen LogP contribution is -2.35. The molecule has 7 nitrogen and oxygen atoms in total. The summed E-state index contributed by atoms with van der Waals surface area (Å²) >= 11 is 9.17. The van der Waals surface area contributed by atoms with Crippen molar-refractivity contribution in [3.8, 4) is 0 Å². The van der Waals surface area contributed by atoms with Crippen molar-refractivity contribution < 1.29 is 14.0 Å². The van der Waals surface area contributed by atoms with Crippen LogP contribution in [-0.4, -0.2) is 24.6 Å². The molecule has 2 amide bonds. The van der Waals surface area contributed by atoms with Crippen LogP contribution in [0.25, 0.3) is 11.0 Å². The SMILES string of the molecule is O=C(CNC(=O)c1cccc(Br)c1)N/N=C/c1coc2ccc(Cl)cc2c1=O. The molecule has 1 aromatic heterocycles. The van der Waals surface area contributed by atoms with Gasteiger partial charge in [-0.15, -0.1) is 0 Å². The summed E-state index contributed by atoms with van der Waals surface area (Å²) in [6, 6.07) is 11.5. The molecule has 0 fully saturated rings. The summed E-state index contributed by atoms with van der Waals surface area (Å²) in [7, 11) is 0. The van der Waals surface area contributed by atoms with Gasteiger partial charge >= 0.3 is 0 Å². The number of nitrogens with one attached hydrogen (secondary N) is 2. The third kappa shape index (κ3) is 4.85. The molecular formula is C19H13BrClN3O4. The van der Waals surface area contributed by atoms with Gasteiger partial charge in [0.25, 0.3) is 11.8 Å². The van der Waals surface area contributed by atoms with E-state index in [0.717, 1.165) is 4.47 Å². The average Bonchev–Trinajstić information content (AvgIpc) is 2.68. The third-order valence-electron chi connectivity index (χ3n) is 3.65. The molecule has 0 aliphatic rings. The molecule has 9 heteroatoms. The number of rotatable bonds is 5. The summed E-state index contributed by atoms with van der Waals surface area (Å²) in [6.45, 7) is -0.273. The topological polar surface area (TPSA) is 101 Å². The van der Waals surface area contributed by atoms with E-state index in [1.54, 1.807) is 36.4 Å². The molecule has 0 aliphatic carbocycles. The molecule has 0 saturated heterocycles. The molecular weight excluding hydrogens is 450 g/mol. The highest BCUT2D eigenvalue weighted by molar-refractivity contribution is 9.10. The first-order chi connectivity index (χ1) is 13.4. The second-order valence-corrected chi connectivity index (χ2v) is 7.00. The van der Waals surface area contributed by atoms with Crippen molar-refractivity contribution in [3.63, 3.8) is 0 Å². The summed E-state index contributed by atoms with van der Waals surface area (Å²) in [6.07, 6.45) is 2.41. The van der Waals surface area contributed by atoms with Gasteiger partial charge in [0.05, 0.1) is 23.7 Å². The molecule has 3 rings (SSSR count). The van der Waals surface area contributed by atoms with Gasteiger partial charge in [-0.05, 0) is 36.4 Å². The molecule has 0 aliphatic heterocycles. The summed E-state index contributed by atoms with van der Waals surface area (Å²) in [4.78, 5) is 36.2. The lowest BCUT2D eigenvalue weighted by atomic mass is 10.2. The summed E-state index contributed by atoms with van der Waals surface area (Å²) < 4.78 is 6.10. The van der Waals surface area contributed by atoms with Crippen LogP contribution in [0.1, 0.15) is 15.9 Å². The highest BCUT2D eigenvalue weighted by Gasteiger charge is 2.09. The van der Waals surface area contributed by atoms with Crippen LogP contribution < -0.4 is 16.2 Å². The maximum absolute atomic E-state index is 12.4. The molecule has 1 heterocycles. The van der Waals surface area contributed by atoms with Crippen molar-refractivity contribution in [2.45, 2.75) is 0 Å². The standard InChI is InChI=1S/C19H13BrClN3O4/c20-13-3-1-2-11(6-13)19(27)22-9-17(25)24-23-8-12-10-28-16-5-4-14(21)7-15(16)18(12)26/h1-8,10H,9H2,(H,22,27)(H,24,25)/b23-8+. The Balaban J connectivity index is 1.59. The smallest absolute Gasteiger partial charge is 0.259 e. The van der Waals surface area contributed by atoms with E-state index in [2.05, 4.69) is 31.8 Å². The number of hydrazone groups is 1. The van der Waals surface area contributed by atoms with Gasteiger partial charge in [0.15, 0.2) is 0 Å². The monoisotopic (exact) mass is 461 g/mol. The van der Waals surface area contributed by atoms with Crippen molar-refractivity contribution >= 4 is 56.5 Å². The van der Waals surface area contributed by atoms with Gasteiger partial charge in [-0.3, -0.25) is 14.4 Å². The van der Waals surface area contributed by atoms with E-state index < -0.39 is 11.8 Å². The normalized spacial score (nSPS) is 10.9. The molecule has 0 atom stereocenters. The molecule has 142 valence electrons. The molecule has 2 N–H and O–H groups in total. The van der Waals surface area contributed by atoms with Crippen molar-refractivity contribution in [3.05, 3.63) is 79.6 Å². The average molecular weight is 463 g/mol. The van der Waals surface area contributed by atoms with E-state index in [1.807, 2.05) is 0 Å². The van der Waals surface area contributed by atoms with E-state index in [1.165, 1.54) is 18.5 Å². The lowest BCUT2D eigenvalue weighted by Gasteiger charge is -2.04. The highest BCUT2D eigenvalue weighted by atomic mass is 79.9. The Morgan fingerprint density at radius 2 is 2.04 bits per heavy atom. The van der Waals surface area contributed by atoms with Crippen LogP contribution in [0.5, 0.6) is 0 Å². The fraction of sp³-hybridized carbons (Fsp3) is 0.0526. The highest BCUT2D eigenvalue weighted by Crippen LogP contribution is 2.16. The Bertz CT molecular complexity index is 1140. The zero-order valence-corrected chi connectivity index (χ0v) is 16.6. The molecule has 0 unspecified atom stereocenters. The number of nitrogens with zero attached hydrogens (tertiary/aromatic N) is 1. The van der Waals surface area contributed by atoms with Crippen LogP contribution in [0.3, 0.4) is 0 Å². The van der Waals surface area contributed by atoms with Crippen LogP contribution >= 0.6 is 27.5 Å². The number of benzene rings is 2. The van der Waals surface area contributed by atoms with Gasteiger partial charge in [0.2, 0.25) is 5.43 Å². The van der Waals surface area contributed by atoms with Crippen LogP contribution in [0.4, 0.5) is 0 Å². The van der Waals surface area contributed by atoms with Crippen molar-refractivity contribution in [2.24, 2.45) is 5.10 Å². The summed E-state index contributed by atoms with van der Waals surface area (Å²) in [5, 5.41) is 6.91. The number of fused-ring (bicyclic) bond motifs is 1. The van der Waals surface area contributed by atoms with Gasteiger partial charge in [-0.25, -0.2) is 5.43 Å². The van der Waals surface area contributed by atoms with Gasteiger partial charge in [0, 0.05) is 15.1 Å². The van der Waals surface area contributed by atoms with E-state index >= 15 is 0 Å². The second-order valence-electron chi connectivity index (χ2n) is 5.65. The van der Waals surface area contributed by atoms with Crippen LogP contribution in [0.2, 0.25) is 5.02 Å². The molecule has 0 radical (unpaired) electrons. The van der Waals surface area contributed by atoms with Crippen LogP contribution in [-0.2, 0) is 4.79 Å². The molecule has 3 aromatic rings. The van der Waals surface area contributed by atoms with Crippen molar-refractivity contribution in [2.75, 3.05) is 6.54 Å². The quantitative estimate of drug-likeness (QED) is 0.449. The maximum Gasteiger partial charge on any atom is 0.259 e. The molecule has 28 heavy (non-hydrogen) atoms. The van der Waals surface area contributed by atoms with Crippen molar-refractivity contribution in [1.82, 2.24) is 10.7 Å². The fourth-order valence-electron chi connectivity index (χ4n) is 2.31. The largest absolute Gasteiger partial charge is 0.463 e. The van der Waals surface area contributed by atoms with Crippen LogP contribution in [0.15, 0.2) is 67.5 Å². The van der Waals surface area contributed by atoms with E-state index in [9.17, 15) is 14.4 Å². The van der Waals surface area contributed by atoms with E-state index in [4.69, 9.17) is 16.0 Å². The third-order valence-corrected chi connectivity index (χ3v) is 4.38. The Kier molecular flexibility index (Phi) is 6.23. The van der Waals surface area contributed by atoms with Crippen molar-refractivity contribution in [1.29, 1.82) is 0 Å². The first-order valence-electron chi connectivity index (χ1n) is 8.01. The molecule has 2 aromatic carbocycles. The molecule has 0 spiro atoms. The minimum absolute atomic E-state index is 0.147. The lowest BCUT2D eigenvalue weighted by molar-refractivity contribution is -0.120. The minimum atomic E-state index is -0.548. The summed E-state index contributed by atoms with van der Waals surface area (Å²) in [5.41, 5.74) is 2.86. The van der Waals surface area contributed by atoms with Gasteiger partial charge < -0.3 is 9.73 Å². The number of hydrogen-bond donors (Lipinski definition) is 2. The van der Waals surface area contributed by atoms with E-state index in [-0.39, 0.29) is 17.5 Å². The number of halogens is 2. The fourth-order valence-corrected chi connectivity index (χ4v) is 2.88. The zero-order chi connectivity index (χ0) is 20.1. The van der Waals surface area contributed by atoms with Gasteiger partial charge in [-0.2, -0.15) is 5.10 Å². The van der Waals surface area contributed by atoms with Crippen LogP contribution in [0, 0.1) is 0 Å². The second kappa shape index (κ2) is 8.81. The van der Waals surface area contributed by atoms with E-state index in [0.29, 0.717) is 21.6 Å². The zero-order valence-electron chi connectivity index (χ0n) is 14.2. The Morgan fingerprint density at radius 3 is 2.82 bits per heavy atom. The predicted molar refractivity (Wildman–Crippen MR) is 110 cm³/mol. The Labute approximate surface area is 172 Å². The number of amides is 2. The van der Waals surface area contributed by atoms with Gasteiger partial charge in [-0.1, -0.05) is 33.6 Å². The number of hydrogen-bond acceptors (Lipinski definition) is 5. The Hall–Kier alpha value is -2.97. The van der Waals surface area contributed by atoms with Gasteiger partial charge in [0.1, 0.15) is 11.8 Å². The number of carbonyl (C=O) groups excluding carboxylic acids is 2. The Morgan fingerprint density at radius 1 is 1.21 bits per heavy atom. The molecule has 0 saturated carbocycles.